The molecule has 0 atom stereocenters. The number of carbonyl (C=O) groups is 1. The van der Waals surface area contributed by atoms with Crippen LogP contribution in [0.2, 0.25) is 0 Å². The highest BCUT2D eigenvalue weighted by molar-refractivity contribution is 7.91. The highest BCUT2D eigenvalue weighted by Gasteiger charge is 2.25. The number of hydrogen-bond donors (Lipinski definition) is 1. The molecule has 162 valence electrons. The lowest BCUT2D eigenvalue weighted by atomic mass is 10.1. The molecule has 0 unspecified atom stereocenters. The van der Waals surface area contributed by atoms with Crippen LogP contribution in [-0.2, 0) is 27.5 Å². The minimum absolute atomic E-state index is 0.00591. The number of fused-ring (bicyclic) bond motifs is 1. The second kappa shape index (κ2) is 8.22. The number of nitrogens with zero attached hydrogens (tertiary/aromatic N) is 2. The zero-order valence-electron chi connectivity index (χ0n) is 16.9. The van der Waals surface area contributed by atoms with Gasteiger partial charge in [-0.2, -0.15) is 5.26 Å². The van der Waals surface area contributed by atoms with Crippen LogP contribution < -0.4 is 0 Å². The molecule has 1 aromatic carbocycles. The van der Waals surface area contributed by atoms with E-state index in [4.69, 9.17) is 0 Å². The van der Waals surface area contributed by atoms with E-state index in [0.717, 1.165) is 17.7 Å². The quantitative estimate of drug-likeness (QED) is 0.424. The Bertz CT molecular complexity index is 1490. The summed E-state index contributed by atoms with van der Waals surface area (Å²) >= 11 is 1.27. The molecule has 4 rings (SSSR count). The van der Waals surface area contributed by atoms with Gasteiger partial charge in [-0.25, -0.2) is 12.8 Å². The number of aromatic nitrogens is 1. The molecule has 3 aromatic heterocycles. The van der Waals surface area contributed by atoms with E-state index in [9.17, 15) is 28.0 Å². The molecule has 0 aliphatic rings. The summed E-state index contributed by atoms with van der Waals surface area (Å²) in [5.41, 5.74) is 3.14. The van der Waals surface area contributed by atoms with E-state index >= 15 is 0 Å². The van der Waals surface area contributed by atoms with E-state index < -0.39 is 21.6 Å². The van der Waals surface area contributed by atoms with Crippen LogP contribution in [0, 0.1) is 24.1 Å². The summed E-state index contributed by atoms with van der Waals surface area (Å²) in [5, 5.41) is 20.3. The molecule has 4 aromatic rings. The molecule has 0 amide bonds. The van der Waals surface area contributed by atoms with Crippen molar-refractivity contribution < 1.29 is 22.7 Å². The van der Waals surface area contributed by atoms with Gasteiger partial charge in [-0.15, -0.1) is 11.3 Å². The number of carboxylic acids is 1. The summed E-state index contributed by atoms with van der Waals surface area (Å²) < 4.78 is 41.4. The van der Waals surface area contributed by atoms with E-state index in [-0.39, 0.29) is 22.6 Å². The molecule has 9 heteroatoms. The second-order valence-corrected chi connectivity index (χ2v) is 10.2. The van der Waals surface area contributed by atoms with Crippen LogP contribution in [0.25, 0.3) is 5.52 Å². The predicted molar refractivity (Wildman–Crippen MR) is 117 cm³/mol. The van der Waals surface area contributed by atoms with E-state index in [1.54, 1.807) is 35.0 Å². The number of benzene rings is 1. The fourth-order valence-corrected chi connectivity index (χ4v) is 6.46. The van der Waals surface area contributed by atoms with Crippen molar-refractivity contribution in [3.63, 3.8) is 0 Å². The maximum atomic E-state index is 13.3. The van der Waals surface area contributed by atoms with Crippen molar-refractivity contribution in [1.29, 1.82) is 5.26 Å². The number of nitriles is 1. The summed E-state index contributed by atoms with van der Waals surface area (Å²) in [5.74, 6) is -1.50. The number of carboxylic acid groups (broad SMARTS) is 1. The van der Waals surface area contributed by atoms with Gasteiger partial charge in [0, 0.05) is 28.7 Å². The molecule has 0 aliphatic carbocycles. The number of thiophene rings is 1. The van der Waals surface area contributed by atoms with E-state index in [2.05, 4.69) is 6.07 Å². The summed E-state index contributed by atoms with van der Waals surface area (Å²) in [6.07, 6.45) is 1.67. The molecular weight excluding hydrogens is 451 g/mol. The van der Waals surface area contributed by atoms with Gasteiger partial charge in [-0.1, -0.05) is 0 Å². The van der Waals surface area contributed by atoms with Gasteiger partial charge >= 0.3 is 5.97 Å². The Kier molecular flexibility index (Phi) is 5.59. The molecule has 0 aliphatic heterocycles. The number of aliphatic carboxylic acids is 1. The lowest BCUT2D eigenvalue weighted by molar-refractivity contribution is -0.136. The van der Waals surface area contributed by atoms with Gasteiger partial charge in [0.05, 0.1) is 21.8 Å². The Morgan fingerprint density at radius 1 is 1.19 bits per heavy atom. The lowest BCUT2D eigenvalue weighted by Gasteiger charge is -2.08. The van der Waals surface area contributed by atoms with Crippen molar-refractivity contribution in [2.75, 3.05) is 0 Å². The maximum Gasteiger partial charge on any atom is 0.307 e. The van der Waals surface area contributed by atoms with E-state index in [1.165, 1.54) is 29.5 Å². The average Bonchev–Trinajstić information content (AvgIpc) is 3.33. The van der Waals surface area contributed by atoms with Gasteiger partial charge < -0.3 is 9.51 Å². The van der Waals surface area contributed by atoms with E-state index in [0.29, 0.717) is 27.2 Å². The van der Waals surface area contributed by atoms with Gasteiger partial charge in [0.1, 0.15) is 11.9 Å². The minimum Gasteiger partial charge on any atom is -0.481 e. The van der Waals surface area contributed by atoms with Crippen LogP contribution in [-0.4, -0.2) is 23.9 Å². The molecule has 0 bridgehead atoms. The molecule has 0 fully saturated rings. The molecular formula is C23H17FN2O4S2. The largest absolute Gasteiger partial charge is 0.481 e. The monoisotopic (exact) mass is 468 g/mol. The summed E-state index contributed by atoms with van der Waals surface area (Å²) in [4.78, 5) is 12.1. The van der Waals surface area contributed by atoms with Gasteiger partial charge in [-0.3, -0.25) is 4.79 Å². The Balaban J connectivity index is 1.84. The molecule has 1 N–H and O–H groups in total. The number of halogens is 1. The standard InChI is InChI=1S/C23H17FN2O4S2/c1-14-18(10-23(27)28)19-7-2-15(12-25)13-26(19)20(14)11-21-22(8-9-31-21)32(29,30)17-5-3-16(24)4-6-17/h2-9,13H,10-11H2,1H3,(H,27,28). The Morgan fingerprint density at radius 3 is 2.56 bits per heavy atom. The van der Waals surface area contributed by atoms with Crippen LogP contribution in [0.1, 0.15) is 27.3 Å². The van der Waals surface area contributed by atoms with Crippen molar-refractivity contribution in [1.82, 2.24) is 4.40 Å². The average molecular weight is 469 g/mol. The third-order valence-corrected chi connectivity index (χ3v) is 8.24. The zero-order chi connectivity index (χ0) is 23.0. The van der Waals surface area contributed by atoms with Crippen LogP contribution in [0.3, 0.4) is 0 Å². The van der Waals surface area contributed by atoms with Gasteiger partial charge in [0.25, 0.3) is 0 Å². The number of sulfone groups is 1. The Labute approximate surface area is 187 Å². The summed E-state index contributed by atoms with van der Waals surface area (Å²) in [6.45, 7) is 1.80. The minimum atomic E-state index is -3.87. The molecule has 3 heterocycles. The van der Waals surface area contributed by atoms with Crippen molar-refractivity contribution in [2.45, 2.75) is 29.6 Å². The predicted octanol–water partition coefficient (Wildman–Crippen LogP) is 4.37. The van der Waals surface area contributed by atoms with Crippen LogP contribution >= 0.6 is 11.3 Å². The Morgan fingerprint density at radius 2 is 1.91 bits per heavy atom. The first-order valence-corrected chi connectivity index (χ1v) is 11.9. The molecule has 0 radical (unpaired) electrons. The first-order chi connectivity index (χ1) is 15.2. The van der Waals surface area contributed by atoms with E-state index in [1.807, 2.05) is 0 Å². The highest BCUT2D eigenvalue weighted by atomic mass is 32.2. The molecule has 0 saturated carbocycles. The van der Waals surface area contributed by atoms with Crippen molar-refractivity contribution in [2.24, 2.45) is 0 Å². The third kappa shape index (κ3) is 3.79. The van der Waals surface area contributed by atoms with Crippen molar-refractivity contribution in [3.05, 3.63) is 87.1 Å². The van der Waals surface area contributed by atoms with Gasteiger partial charge in [-0.05, 0) is 65.9 Å². The maximum absolute atomic E-state index is 13.3. The first kappa shape index (κ1) is 21.7. The van der Waals surface area contributed by atoms with Gasteiger partial charge in [0.15, 0.2) is 0 Å². The molecule has 0 spiro atoms. The molecule has 6 nitrogen and oxygen atoms in total. The van der Waals surface area contributed by atoms with Crippen molar-refractivity contribution in [3.8, 4) is 6.07 Å². The number of rotatable bonds is 6. The van der Waals surface area contributed by atoms with Crippen LogP contribution in [0.5, 0.6) is 0 Å². The number of hydrogen-bond acceptors (Lipinski definition) is 5. The normalized spacial score (nSPS) is 11.5. The number of pyridine rings is 1. The van der Waals surface area contributed by atoms with Crippen LogP contribution in [0.4, 0.5) is 4.39 Å². The Hall–Kier alpha value is -3.48. The fourth-order valence-electron chi connectivity index (χ4n) is 3.77. The smallest absolute Gasteiger partial charge is 0.307 e. The lowest BCUT2D eigenvalue weighted by Crippen LogP contribution is -2.05. The topological polar surface area (TPSA) is 99.6 Å². The SMILES string of the molecule is Cc1c(CC(=O)O)c2ccc(C#N)cn2c1Cc1sccc1S(=O)(=O)c1ccc(F)cc1. The summed E-state index contributed by atoms with van der Waals surface area (Å²) in [6, 6.07) is 11.6. The molecule has 0 saturated heterocycles. The third-order valence-electron chi connectivity index (χ3n) is 5.34. The van der Waals surface area contributed by atoms with Crippen LogP contribution in [0.15, 0.2) is 63.8 Å². The zero-order valence-corrected chi connectivity index (χ0v) is 18.5. The van der Waals surface area contributed by atoms with Crippen molar-refractivity contribution >= 4 is 32.7 Å². The fraction of sp³-hybridized carbons (Fsp3) is 0.130. The van der Waals surface area contributed by atoms with Gasteiger partial charge in [0.2, 0.25) is 9.84 Å². The second-order valence-electron chi connectivity index (χ2n) is 7.25. The first-order valence-electron chi connectivity index (χ1n) is 9.53. The highest BCUT2D eigenvalue weighted by Crippen LogP contribution is 2.33. The summed E-state index contributed by atoms with van der Waals surface area (Å²) in [7, 11) is -3.87. The molecule has 32 heavy (non-hydrogen) atoms.